The molecule has 0 N–H and O–H groups in total. The molecule has 45 heavy (non-hydrogen) atoms. The summed E-state index contributed by atoms with van der Waals surface area (Å²) in [6, 6.07) is 47.1. The van der Waals surface area contributed by atoms with E-state index in [9.17, 15) is 0 Å². The highest BCUT2D eigenvalue weighted by atomic mass is 16.5. The summed E-state index contributed by atoms with van der Waals surface area (Å²) >= 11 is 0. The van der Waals surface area contributed by atoms with E-state index in [-0.39, 0.29) is 6.10 Å². The maximum absolute atomic E-state index is 7.36. The van der Waals surface area contributed by atoms with Crippen molar-refractivity contribution in [3.05, 3.63) is 162 Å². The number of hydrogen-bond acceptors (Lipinski definition) is 5. The van der Waals surface area contributed by atoms with Gasteiger partial charge in [0.05, 0.1) is 26.9 Å². The third-order valence-electron chi connectivity index (χ3n) is 7.87. The summed E-state index contributed by atoms with van der Waals surface area (Å²) in [5, 5.41) is 0. The fourth-order valence-corrected chi connectivity index (χ4v) is 5.50. The van der Waals surface area contributed by atoms with Crippen molar-refractivity contribution in [2.24, 2.45) is 0 Å². The van der Waals surface area contributed by atoms with Gasteiger partial charge in [-0.25, -0.2) is 0 Å². The van der Waals surface area contributed by atoms with E-state index in [2.05, 4.69) is 72.8 Å². The van der Waals surface area contributed by atoms with Crippen LogP contribution < -0.4 is 14.2 Å². The second kappa shape index (κ2) is 16.5. The van der Waals surface area contributed by atoms with Gasteiger partial charge in [-0.3, -0.25) is 0 Å². The largest absolute Gasteiger partial charge is 0.497 e. The molecule has 0 amide bonds. The predicted molar refractivity (Wildman–Crippen MR) is 179 cm³/mol. The lowest BCUT2D eigenvalue weighted by Gasteiger charge is -2.39. The third kappa shape index (κ3) is 8.53. The van der Waals surface area contributed by atoms with E-state index in [0.29, 0.717) is 19.8 Å². The predicted octanol–water partition coefficient (Wildman–Crippen LogP) is 8.85. The minimum absolute atomic E-state index is 0.214. The highest BCUT2D eigenvalue weighted by Crippen LogP contribution is 2.42. The molecule has 5 nitrogen and oxygen atoms in total. The van der Waals surface area contributed by atoms with Crippen molar-refractivity contribution in [3.63, 3.8) is 0 Å². The molecular formula is C40H42O5. The van der Waals surface area contributed by atoms with Crippen molar-refractivity contribution >= 4 is 0 Å². The fourth-order valence-electron chi connectivity index (χ4n) is 5.50. The van der Waals surface area contributed by atoms with Crippen LogP contribution >= 0.6 is 0 Å². The van der Waals surface area contributed by atoms with Crippen LogP contribution in [0.3, 0.4) is 0 Å². The molecule has 0 aromatic heterocycles. The Hall–Kier alpha value is -4.58. The van der Waals surface area contributed by atoms with E-state index in [1.54, 1.807) is 14.2 Å². The zero-order chi connectivity index (χ0) is 31.2. The first-order valence-corrected chi connectivity index (χ1v) is 15.5. The van der Waals surface area contributed by atoms with Crippen LogP contribution in [0.2, 0.25) is 0 Å². The summed E-state index contributed by atoms with van der Waals surface area (Å²) in [5.41, 5.74) is 3.50. The molecule has 0 fully saturated rings. The lowest BCUT2D eigenvalue weighted by atomic mass is 9.80. The quantitative estimate of drug-likeness (QED) is 0.0786. The Kier molecular flexibility index (Phi) is 11.7. The first kappa shape index (κ1) is 31.8. The molecule has 232 valence electrons. The van der Waals surface area contributed by atoms with Gasteiger partial charge >= 0.3 is 0 Å². The highest BCUT2D eigenvalue weighted by molar-refractivity contribution is 5.47. The normalized spacial score (nSPS) is 12.0. The highest BCUT2D eigenvalue weighted by Gasteiger charge is 2.39. The van der Waals surface area contributed by atoms with Gasteiger partial charge in [0.1, 0.15) is 29.5 Å². The average molecular weight is 603 g/mol. The van der Waals surface area contributed by atoms with E-state index in [1.807, 2.05) is 66.7 Å². The summed E-state index contributed by atoms with van der Waals surface area (Å²) in [6.45, 7) is 1.64. The van der Waals surface area contributed by atoms with E-state index in [0.717, 1.165) is 58.8 Å². The molecule has 0 bridgehead atoms. The molecule has 5 heteroatoms. The number of rotatable bonds is 17. The molecule has 0 spiro atoms. The summed E-state index contributed by atoms with van der Waals surface area (Å²) in [5.74, 6) is 2.41. The minimum atomic E-state index is -0.831. The van der Waals surface area contributed by atoms with E-state index < -0.39 is 5.60 Å². The molecule has 5 aromatic carbocycles. The monoisotopic (exact) mass is 602 g/mol. The Morgan fingerprint density at radius 3 is 1.49 bits per heavy atom. The Labute approximate surface area is 267 Å². The van der Waals surface area contributed by atoms with Gasteiger partial charge in [0.2, 0.25) is 0 Å². The van der Waals surface area contributed by atoms with Gasteiger partial charge in [-0.1, -0.05) is 103 Å². The lowest BCUT2D eigenvalue weighted by Crippen LogP contribution is -2.39. The van der Waals surface area contributed by atoms with Gasteiger partial charge in [0.15, 0.2) is 0 Å². The maximum Gasteiger partial charge on any atom is 0.144 e. The number of ether oxygens (including phenoxy) is 5. The van der Waals surface area contributed by atoms with E-state index in [4.69, 9.17) is 23.7 Å². The van der Waals surface area contributed by atoms with Crippen LogP contribution in [-0.2, 0) is 21.7 Å². The number of benzene rings is 5. The van der Waals surface area contributed by atoms with Crippen molar-refractivity contribution in [2.75, 3.05) is 27.4 Å². The van der Waals surface area contributed by atoms with Crippen molar-refractivity contribution in [2.45, 2.75) is 37.6 Å². The number of hydrogen-bond donors (Lipinski definition) is 0. The molecule has 1 unspecified atom stereocenters. The van der Waals surface area contributed by atoms with Gasteiger partial charge in [-0.2, -0.15) is 0 Å². The second-order valence-corrected chi connectivity index (χ2v) is 10.9. The summed E-state index contributed by atoms with van der Waals surface area (Å²) in [6.07, 6.45) is 2.42. The topological polar surface area (TPSA) is 46.2 Å². The summed E-state index contributed by atoms with van der Waals surface area (Å²) in [4.78, 5) is 0. The van der Waals surface area contributed by atoms with Crippen LogP contribution in [0.25, 0.3) is 0 Å². The van der Waals surface area contributed by atoms with Crippen LogP contribution in [-0.4, -0.2) is 33.5 Å². The molecule has 0 saturated carbocycles. The molecule has 0 heterocycles. The van der Waals surface area contributed by atoms with Gasteiger partial charge in [-0.15, -0.1) is 0 Å². The molecule has 0 aliphatic rings. The SMILES string of the molecule is COc1ccc(COCCCCC(COc2ccc(OC)cc2)OC(c2ccccc2)(c2ccccc2)c2ccccc2)cc1. The van der Waals surface area contributed by atoms with Crippen molar-refractivity contribution in [1.82, 2.24) is 0 Å². The molecule has 0 aliphatic heterocycles. The molecule has 0 aliphatic carbocycles. The first-order valence-electron chi connectivity index (χ1n) is 15.5. The Balaban J connectivity index is 1.36. The minimum Gasteiger partial charge on any atom is -0.497 e. The zero-order valence-corrected chi connectivity index (χ0v) is 26.1. The Morgan fingerprint density at radius 1 is 0.533 bits per heavy atom. The molecule has 1 atom stereocenters. The van der Waals surface area contributed by atoms with Crippen LogP contribution in [0.15, 0.2) is 140 Å². The van der Waals surface area contributed by atoms with Crippen molar-refractivity contribution in [1.29, 1.82) is 0 Å². The van der Waals surface area contributed by atoms with Crippen LogP contribution in [0.5, 0.6) is 17.2 Å². The number of unbranched alkanes of at least 4 members (excludes halogenated alkanes) is 1. The average Bonchev–Trinajstić information content (AvgIpc) is 3.12. The van der Waals surface area contributed by atoms with Crippen molar-refractivity contribution < 1.29 is 23.7 Å². The van der Waals surface area contributed by atoms with E-state index >= 15 is 0 Å². The van der Waals surface area contributed by atoms with Crippen molar-refractivity contribution in [3.8, 4) is 17.2 Å². The Bertz CT molecular complexity index is 1420. The zero-order valence-electron chi connectivity index (χ0n) is 26.1. The van der Waals surface area contributed by atoms with Gasteiger partial charge in [0, 0.05) is 6.61 Å². The third-order valence-corrected chi connectivity index (χ3v) is 7.87. The van der Waals surface area contributed by atoms with Crippen LogP contribution in [0, 0.1) is 0 Å². The second-order valence-electron chi connectivity index (χ2n) is 10.9. The molecular weight excluding hydrogens is 560 g/mol. The van der Waals surface area contributed by atoms with Gasteiger partial charge < -0.3 is 23.7 Å². The smallest absolute Gasteiger partial charge is 0.144 e. The standard InChI is InChI=1S/C40H42O5/c1-41-36-23-21-32(22-24-36)30-43-29-13-12-20-39(31-44-38-27-25-37(42-2)26-28-38)45-40(33-14-6-3-7-15-33,34-16-8-4-9-17-34)35-18-10-5-11-19-35/h3-11,14-19,21-28,39H,12-13,20,29-31H2,1-2H3. The van der Waals surface area contributed by atoms with Crippen LogP contribution in [0.1, 0.15) is 41.5 Å². The number of methoxy groups -OCH3 is 2. The van der Waals surface area contributed by atoms with Gasteiger partial charge in [0.25, 0.3) is 0 Å². The molecule has 5 rings (SSSR count). The maximum atomic E-state index is 7.36. The lowest BCUT2D eigenvalue weighted by molar-refractivity contribution is -0.0698. The summed E-state index contributed by atoms with van der Waals surface area (Å²) in [7, 11) is 3.34. The molecule has 0 radical (unpaired) electrons. The van der Waals surface area contributed by atoms with Gasteiger partial charge in [-0.05, 0) is 77.9 Å². The van der Waals surface area contributed by atoms with Crippen LogP contribution in [0.4, 0.5) is 0 Å². The summed E-state index contributed by atoms with van der Waals surface area (Å²) < 4.78 is 30.3. The Morgan fingerprint density at radius 2 is 1.00 bits per heavy atom. The molecule has 5 aromatic rings. The fraction of sp³-hybridized carbons (Fsp3) is 0.250. The molecule has 0 saturated heterocycles. The first-order chi connectivity index (χ1) is 22.2. The van der Waals surface area contributed by atoms with E-state index in [1.165, 1.54) is 0 Å².